The summed E-state index contributed by atoms with van der Waals surface area (Å²) in [6, 6.07) is 13.4. The predicted octanol–water partition coefficient (Wildman–Crippen LogP) is 2.32. The largest absolute Gasteiger partial charge is 0.489 e. The summed E-state index contributed by atoms with van der Waals surface area (Å²) in [4.78, 5) is 11.2. The standard InChI is InChI=1S/C19H21NO5S/c1-14(21)24-13-20-12-16-9-7-15-8-10-18(11-19(15)25-16)26(22,23)17-5-3-2-4-6-17/h2-6,8,10-11,16,20H,7,9,12-13H2,1H3/t16-/m1/s1. The summed E-state index contributed by atoms with van der Waals surface area (Å²) in [5.41, 5.74) is 0.994. The van der Waals surface area contributed by atoms with E-state index < -0.39 is 9.84 Å². The molecule has 0 saturated carbocycles. The molecule has 3 rings (SSSR count). The van der Waals surface area contributed by atoms with Crippen molar-refractivity contribution in [2.45, 2.75) is 35.7 Å². The van der Waals surface area contributed by atoms with Crippen LogP contribution in [0.5, 0.6) is 5.75 Å². The van der Waals surface area contributed by atoms with Gasteiger partial charge < -0.3 is 9.47 Å². The Bertz CT molecular complexity index is 880. The summed E-state index contributed by atoms with van der Waals surface area (Å²) in [7, 11) is -3.57. The quantitative estimate of drug-likeness (QED) is 0.474. The van der Waals surface area contributed by atoms with Gasteiger partial charge in [-0.2, -0.15) is 0 Å². The van der Waals surface area contributed by atoms with Gasteiger partial charge in [-0.1, -0.05) is 24.3 Å². The molecule has 138 valence electrons. The van der Waals surface area contributed by atoms with E-state index in [0.717, 1.165) is 18.4 Å². The predicted molar refractivity (Wildman–Crippen MR) is 95.7 cm³/mol. The van der Waals surface area contributed by atoms with Crippen LogP contribution < -0.4 is 10.1 Å². The Morgan fingerprint density at radius 1 is 1.19 bits per heavy atom. The molecular weight excluding hydrogens is 354 g/mol. The van der Waals surface area contributed by atoms with Crippen molar-refractivity contribution in [3.05, 3.63) is 54.1 Å². The Labute approximate surface area is 153 Å². The van der Waals surface area contributed by atoms with Crippen LogP contribution in [0.4, 0.5) is 0 Å². The van der Waals surface area contributed by atoms with Crippen LogP contribution in [0.2, 0.25) is 0 Å². The van der Waals surface area contributed by atoms with Gasteiger partial charge in [0.15, 0.2) is 0 Å². The average molecular weight is 375 g/mol. The van der Waals surface area contributed by atoms with E-state index in [-0.39, 0.29) is 28.6 Å². The minimum atomic E-state index is -3.57. The SMILES string of the molecule is CC(=O)OCNC[C@H]1CCc2ccc(S(=O)(=O)c3ccccc3)cc2O1. The van der Waals surface area contributed by atoms with Crippen LogP contribution >= 0.6 is 0 Å². The van der Waals surface area contributed by atoms with E-state index in [2.05, 4.69) is 5.32 Å². The van der Waals surface area contributed by atoms with Crippen molar-refractivity contribution in [3.8, 4) is 5.75 Å². The van der Waals surface area contributed by atoms with Crippen molar-refractivity contribution >= 4 is 15.8 Å². The van der Waals surface area contributed by atoms with Crippen molar-refractivity contribution < 1.29 is 22.7 Å². The molecule has 0 fully saturated rings. The molecule has 0 aromatic heterocycles. The molecule has 0 amide bonds. The van der Waals surface area contributed by atoms with Gasteiger partial charge in [-0.15, -0.1) is 0 Å². The number of carbonyl (C=O) groups is 1. The van der Waals surface area contributed by atoms with E-state index in [1.807, 2.05) is 6.07 Å². The highest BCUT2D eigenvalue weighted by atomic mass is 32.2. The Hall–Kier alpha value is -2.38. The fraction of sp³-hybridized carbons (Fsp3) is 0.316. The first-order valence-electron chi connectivity index (χ1n) is 8.40. The van der Waals surface area contributed by atoms with Gasteiger partial charge in [0.2, 0.25) is 9.84 Å². The maximum atomic E-state index is 12.8. The number of aryl methyl sites for hydroxylation is 1. The van der Waals surface area contributed by atoms with Crippen molar-refractivity contribution in [1.82, 2.24) is 5.32 Å². The Balaban J connectivity index is 1.72. The maximum Gasteiger partial charge on any atom is 0.303 e. The minimum Gasteiger partial charge on any atom is -0.489 e. The monoisotopic (exact) mass is 375 g/mol. The molecule has 2 aromatic carbocycles. The molecule has 1 N–H and O–H groups in total. The molecule has 0 bridgehead atoms. The molecule has 26 heavy (non-hydrogen) atoms. The summed E-state index contributed by atoms with van der Waals surface area (Å²) in [6.07, 6.45) is 1.51. The number of sulfone groups is 1. The number of ether oxygens (including phenoxy) is 2. The molecule has 1 aliphatic rings. The van der Waals surface area contributed by atoms with Gasteiger partial charge in [0.25, 0.3) is 0 Å². The third kappa shape index (κ3) is 4.23. The van der Waals surface area contributed by atoms with Crippen LogP contribution in [0, 0.1) is 0 Å². The number of fused-ring (bicyclic) bond motifs is 1. The van der Waals surface area contributed by atoms with Crippen molar-refractivity contribution in [1.29, 1.82) is 0 Å². The van der Waals surface area contributed by atoms with Gasteiger partial charge in [0.1, 0.15) is 18.6 Å². The zero-order valence-corrected chi connectivity index (χ0v) is 15.3. The van der Waals surface area contributed by atoms with Crippen molar-refractivity contribution in [2.75, 3.05) is 13.3 Å². The maximum absolute atomic E-state index is 12.8. The summed E-state index contributed by atoms with van der Waals surface area (Å²) < 4.78 is 36.3. The van der Waals surface area contributed by atoms with Gasteiger partial charge in [-0.3, -0.25) is 10.1 Å². The summed E-state index contributed by atoms with van der Waals surface area (Å²) in [6.45, 7) is 2.00. The van der Waals surface area contributed by atoms with Gasteiger partial charge in [-0.25, -0.2) is 8.42 Å². The van der Waals surface area contributed by atoms with E-state index in [1.54, 1.807) is 42.5 Å². The van der Waals surface area contributed by atoms with Gasteiger partial charge in [-0.05, 0) is 42.7 Å². The number of hydrogen-bond acceptors (Lipinski definition) is 6. The summed E-state index contributed by atoms with van der Waals surface area (Å²) in [5.74, 6) is 0.246. The highest BCUT2D eigenvalue weighted by molar-refractivity contribution is 7.91. The first-order chi connectivity index (χ1) is 12.5. The van der Waals surface area contributed by atoms with Crippen molar-refractivity contribution in [3.63, 3.8) is 0 Å². The molecular formula is C19H21NO5S. The zero-order valence-electron chi connectivity index (χ0n) is 14.5. The Morgan fingerprint density at radius 3 is 2.69 bits per heavy atom. The summed E-state index contributed by atoms with van der Waals surface area (Å²) >= 11 is 0. The number of nitrogens with one attached hydrogen (secondary N) is 1. The lowest BCUT2D eigenvalue weighted by molar-refractivity contribution is -0.141. The van der Waals surface area contributed by atoms with E-state index in [1.165, 1.54) is 6.92 Å². The van der Waals surface area contributed by atoms with Crippen LogP contribution in [-0.2, 0) is 25.8 Å². The molecule has 0 spiro atoms. The van der Waals surface area contributed by atoms with Crippen LogP contribution in [0.1, 0.15) is 18.9 Å². The van der Waals surface area contributed by atoms with E-state index in [9.17, 15) is 13.2 Å². The fourth-order valence-electron chi connectivity index (χ4n) is 2.83. The lowest BCUT2D eigenvalue weighted by Crippen LogP contribution is -2.35. The van der Waals surface area contributed by atoms with Crippen LogP contribution in [0.3, 0.4) is 0 Å². The fourth-order valence-corrected chi connectivity index (χ4v) is 4.12. The highest BCUT2D eigenvalue weighted by Gasteiger charge is 2.23. The zero-order chi connectivity index (χ0) is 18.6. The van der Waals surface area contributed by atoms with Gasteiger partial charge in [0.05, 0.1) is 9.79 Å². The molecule has 0 radical (unpaired) electrons. The molecule has 1 aliphatic heterocycles. The van der Waals surface area contributed by atoms with Crippen LogP contribution in [-0.4, -0.2) is 33.8 Å². The third-order valence-corrected chi connectivity index (χ3v) is 5.95. The number of esters is 1. The first kappa shape index (κ1) is 18.4. The second kappa shape index (κ2) is 7.88. The molecule has 0 unspecified atom stereocenters. The number of carbonyl (C=O) groups excluding carboxylic acids is 1. The molecule has 2 aromatic rings. The Morgan fingerprint density at radius 2 is 1.96 bits per heavy atom. The van der Waals surface area contributed by atoms with Crippen LogP contribution in [0.25, 0.3) is 0 Å². The molecule has 1 atom stereocenters. The summed E-state index contributed by atoms with van der Waals surface area (Å²) in [5, 5.41) is 3.00. The molecule has 0 saturated heterocycles. The van der Waals surface area contributed by atoms with Crippen molar-refractivity contribution in [2.24, 2.45) is 0 Å². The smallest absolute Gasteiger partial charge is 0.303 e. The minimum absolute atomic E-state index is 0.104. The molecule has 0 aliphatic carbocycles. The van der Waals surface area contributed by atoms with E-state index in [4.69, 9.17) is 9.47 Å². The lowest BCUT2D eigenvalue weighted by Gasteiger charge is -2.26. The van der Waals surface area contributed by atoms with E-state index in [0.29, 0.717) is 12.3 Å². The number of benzene rings is 2. The highest BCUT2D eigenvalue weighted by Crippen LogP contribution is 2.32. The van der Waals surface area contributed by atoms with Crippen LogP contribution in [0.15, 0.2) is 58.3 Å². The third-order valence-electron chi connectivity index (χ3n) is 4.18. The average Bonchev–Trinajstić information content (AvgIpc) is 2.65. The normalized spacial score (nSPS) is 16.4. The second-order valence-corrected chi connectivity index (χ2v) is 8.05. The van der Waals surface area contributed by atoms with Gasteiger partial charge in [0, 0.05) is 13.5 Å². The number of rotatable bonds is 6. The lowest BCUT2D eigenvalue weighted by atomic mass is 10.0. The Kier molecular flexibility index (Phi) is 5.58. The second-order valence-electron chi connectivity index (χ2n) is 6.10. The molecule has 1 heterocycles. The first-order valence-corrected chi connectivity index (χ1v) is 9.89. The van der Waals surface area contributed by atoms with Gasteiger partial charge >= 0.3 is 5.97 Å². The molecule has 6 nitrogen and oxygen atoms in total. The van der Waals surface area contributed by atoms with E-state index >= 15 is 0 Å². The number of hydrogen-bond donors (Lipinski definition) is 1. The topological polar surface area (TPSA) is 81.7 Å². The molecule has 7 heteroatoms.